The van der Waals surface area contributed by atoms with Gasteiger partial charge in [-0.05, 0) is 30.9 Å². The predicted molar refractivity (Wildman–Crippen MR) is 106 cm³/mol. The molecule has 0 bridgehead atoms. The molecule has 4 aromatic rings. The van der Waals surface area contributed by atoms with E-state index in [-0.39, 0.29) is 11.7 Å². The Morgan fingerprint density at radius 1 is 1.18 bits per heavy atom. The molecule has 5 rings (SSSR count). The van der Waals surface area contributed by atoms with E-state index < -0.39 is 0 Å². The zero-order valence-electron chi connectivity index (χ0n) is 15.7. The maximum Gasteiger partial charge on any atom is 0.280 e. The fourth-order valence-electron chi connectivity index (χ4n) is 3.93. The zero-order chi connectivity index (χ0) is 19.1. The molecule has 1 saturated heterocycles. The molecule has 7 heteroatoms. The van der Waals surface area contributed by atoms with Gasteiger partial charge in [-0.15, -0.1) is 10.2 Å². The molecule has 1 atom stereocenters. The van der Waals surface area contributed by atoms with Crippen molar-refractivity contribution < 1.29 is 4.74 Å². The van der Waals surface area contributed by atoms with Crippen LogP contribution in [0.4, 0.5) is 0 Å². The van der Waals surface area contributed by atoms with E-state index >= 15 is 0 Å². The van der Waals surface area contributed by atoms with Gasteiger partial charge in [0.05, 0.1) is 23.9 Å². The molecule has 1 fully saturated rings. The Morgan fingerprint density at radius 3 is 2.79 bits per heavy atom. The van der Waals surface area contributed by atoms with Crippen molar-refractivity contribution in [2.75, 3.05) is 6.61 Å². The second-order valence-corrected chi connectivity index (χ2v) is 7.12. The van der Waals surface area contributed by atoms with E-state index in [1.165, 1.54) is 0 Å². The van der Waals surface area contributed by atoms with Gasteiger partial charge in [0, 0.05) is 12.8 Å². The summed E-state index contributed by atoms with van der Waals surface area (Å²) in [6.45, 7) is 3.38. The number of aromatic nitrogens is 5. The summed E-state index contributed by atoms with van der Waals surface area (Å²) in [5.41, 5.74) is 4.49. The van der Waals surface area contributed by atoms with Crippen LogP contribution < -0.4 is 5.56 Å². The molecular weight excluding hydrogens is 354 g/mol. The maximum atomic E-state index is 13.0. The van der Waals surface area contributed by atoms with Crippen LogP contribution in [0.25, 0.3) is 27.8 Å². The molecule has 0 N–H and O–H groups in total. The number of hydrogen-bond acceptors (Lipinski definition) is 5. The summed E-state index contributed by atoms with van der Waals surface area (Å²) in [7, 11) is 0. The van der Waals surface area contributed by atoms with Crippen LogP contribution in [0.3, 0.4) is 0 Å². The molecule has 0 aliphatic carbocycles. The van der Waals surface area contributed by atoms with E-state index in [4.69, 9.17) is 9.84 Å². The van der Waals surface area contributed by atoms with Crippen LogP contribution in [-0.4, -0.2) is 37.1 Å². The van der Waals surface area contributed by atoms with Gasteiger partial charge in [0.2, 0.25) is 0 Å². The smallest absolute Gasteiger partial charge is 0.280 e. The van der Waals surface area contributed by atoms with E-state index in [0.717, 1.165) is 42.7 Å². The van der Waals surface area contributed by atoms with Gasteiger partial charge in [-0.3, -0.25) is 4.79 Å². The highest BCUT2D eigenvalue weighted by Gasteiger charge is 2.20. The normalized spacial score (nSPS) is 17.0. The molecule has 4 heterocycles. The molecule has 3 aromatic heterocycles. The molecule has 1 aliphatic heterocycles. The van der Waals surface area contributed by atoms with E-state index in [2.05, 4.69) is 17.1 Å². The second kappa shape index (κ2) is 6.83. The Morgan fingerprint density at radius 2 is 2.04 bits per heavy atom. The van der Waals surface area contributed by atoms with E-state index in [0.29, 0.717) is 23.2 Å². The van der Waals surface area contributed by atoms with Crippen LogP contribution in [0.2, 0.25) is 0 Å². The number of fused-ring (bicyclic) bond motifs is 3. The fraction of sp³-hybridized carbons (Fsp3) is 0.333. The Kier molecular flexibility index (Phi) is 4.16. The topological polar surface area (TPSA) is 74.3 Å². The molecule has 7 nitrogen and oxygen atoms in total. The lowest BCUT2D eigenvalue weighted by atomic mass is 10.0. The molecule has 0 radical (unpaired) electrons. The van der Waals surface area contributed by atoms with Crippen LogP contribution in [-0.2, 0) is 17.7 Å². The van der Waals surface area contributed by atoms with E-state index in [1.54, 1.807) is 9.08 Å². The number of ether oxygens (including phenoxy) is 1. The van der Waals surface area contributed by atoms with Crippen LogP contribution >= 0.6 is 0 Å². The summed E-state index contributed by atoms with van der Waals surface area (Å²) in [5.74, 6) is 0. The molecular formula is C21H21N5O2. The Balaban J connectivity index is 1.69. The maximum absolute atomic E-state index is 13.0. The quantitative estimate of drug-likeness (QED) is 0.548. The lowest BCUT2D eigenvalue weighted by Crippen LogP contribution is -2.27. The van der Waals surface area contributed by atoms with Crippen LogP contribution in [0.5, 0.6) is 0 Å². The van der Waals surface area contributed by atoms with Crippen LogP contribution in [0.1, 0.15) is 25.5 Å². The fourth-order valence-corrected chi connectivity index (χ4v) is 3.93. The first-order valence-electron chi connectivity index (χ1n) is 9.70. The largest absolute Gasteiger partial charge is 0.376 e. The highest BCUT2D eigenvalue weighted by Crippen LogP contribution is 2.28. The summed E-state index contributed by atoms with van der Waals surface area (Å²) in [6, 6.07) is 12.0. The van der Waals surface area contributed by atoms with Crippen LogP contribution in [0, 0.1) is 0 Å². The molecule has 1 aliphatic rings. The van der Waals surface area contributed by atoms with Crippen molar-refractivity contribution in [2.24, 2.45) is 0 Å². The molecule has 28 heavy (non-hydrogen) atoms. The monoisotopic (exact) mass is 375 g/mol. The molecule has 142 valence electrons. The van der Waals surface area contributed by atoms with Gasteiger partial charge in [-0.1, -0.05) is 37.3 Å². The van der Waals surface area contributed by atoms with Gasteiger partial charge in [-0.2, -0.15) is 5.10 Å². The minimum atomic E-state index is -0.155. The number of aryl methyl sites for hydroxylation is 1. The van der Waals surface area contributed by atoms with Crippen molar-refractivity contribution in [3.8, 4) is 11.1 Å². The van der Waals surface area contributed by atoms with E-state index in [9.17, 15) is 4.79 Å². The number of pyridine rings is 1. The molecule has 0 unspecified atom stereocenters. The molecule has 0 amide bonds. The lowest BCUT2D eigenvalue weighted by molar-refractivity contribution is 0.0963. The molecule has 0 saturated carbocycles. The first kappa shape index (κ1) is 17.1. The summed E-state index contributed by atoms with van der Waals surface area (Å²) in [5, 5.41) is 13.4. The first-order valence-corrected chi connectivity index (χ1v) is 9.70. The highest BCUT2D eigenvalue weighted by molar-refractivity contribution is 5.84. The Hall–Kier alpha value is -3.06. The Labute approximate surface area is 161 Å². The first-order chi connectivity index (χ1) is 13.8. The summed E-state index contributed by atoms with van der Waals surface area (Å²) in [6.07, 6.45) is 4.69. The average molecular weight is 375 g/mol. The van der Waals surface area contributed by atoms with Crippen molar-refractivity contribution >= 4 is 16.7 Å². The van der Waals surface area contributed by atoms with Gasteiger partial charge in [0.15, 0.2) is 11.2 Å². The Bertz CT molecular complexity index is 1210. The standard InChI is InChI=1S/C21H21N5O2/c1-2-16-18(14-7-4-3-5-8-14)20-23-22-19-17(26(20)24-16)10-11-25(21(19)27)13-15-9-6-12-28-15/h3-5,7-8,10-11,15H,2,6,9,12-13H2,1H3/t15-/m1/s1. The van der Waals surface area contributed by atoms with Crippen molar-refractivity contribution in [1.82, 2.24) is 24.4 Å². The number of hydrogen-bond donors (Lipinski definition) is 0. The lowest BCUT2D eigenvalue weighted by Gasteiger charge is -2.12. The van der Waals surface area contributed by atoms with Crippen molar-refractivity contribution in [3.63, 3.8) is 0 Å². The SMILES string of the molecule is CCc1nn2c(nnc3c(=O)n(C[C@H]4CCCO4)ccc32)c1-c1ccccc1. The highest BCUT2D eigenvalue weighted by atomic mass is 16.5. The minimum Gasteiger partial charge on any atom is -0.376 e. The molecule has 1 aromatic carbocycles. The summed E-state index contributed by atoms with van der Waals surface area (Å²) >= 11 is 0. The summed E-state index contributed by atoms with van der Waals surface area (Å²) in [4.78, 5) is 13.0. The van der Waals surface area contributed by atoms with Gasteiger partial charge < -0.3 is 9.30 Å². The van der Waals surface area contributed by atoms with Gasteiger partial charge in [-0.25, -0.2) is 4.52 Å². The number of nitrogens with zero attached hydrogens (tertiary/aromatic N) is 5. The number of rotatable bonds is 4. The third-order valence-electron chi connectivity index (χ3n) is 5.35. The number of benzene rings is 1. The van der Waals surface area contributed by atoms with Gasteiger partial charge in [0.25, 0.3) is 5.56 Å². The minimum absolute atomic E-state index is 0.0907. The molecule has 0 spiro atoms. The second-order valence-electron chi connectivity index (χ2n) is 7.12. The third kappa shape index (κ3) is 2.70. The third-order valence-corrected chi connectivity index (χ3v) is 5.35. The van der Waals surface area contributed by atoms with E-state index in [1.807, 2.05) is 42.6 Å². The van der Waals surface area contributed by atoms with Crippen molar-refractivity contribution in [2.45, 2.75) is 38.8 Å². The van der Waals surface area contributed by atoms with Gasteiger partial charge >= 0.3 is 0 Å². The average Bonchev–Trinajstić information content (AvgIpc) is 3.38. The van der Waals surface area contributed by atoms with Crippen molar-refractivity contribution in [3.05, 3.63) is 58.6 Å². The summed E-state index contributed by atoms with van der Waals surface area (Å²) < 4.78 is 9.08. The zero-order valence-corrected chi connectivity index (χ0v) is 15.7. The predicted octanol–water partition coefficient (Wildman–Crippen LogP) is 2.85. The van der Waals surface area contributed by atoms with Crippen LogP contribution in [0.15, 0.2) is 47.4 Å². The van der Waals surface area contributed by atoms with Crippen molar-refractivity contribution in [1.29, 1.82) is 0 Å². The van der Waals surface area contributed by atoms with Gasteiger partial charge in [0.1, 0.15) is 5.52 Å².